The Hall–Kier alpha value is -1.68. The summed E-state index contributed by atoms with van der Waals surface area (Å²) in [6, 6.07) is 7.17. The fraction of sp³-hybridized carbons (Fsp3) is 0.438. The molecular weight excluding hydrogens is 253 g/mol. The molecule has 0 aliphatic carbocycles. The third-order valence-corrected chi connectivity index (χ3v) is 3.56. The van der Waals surface area contributed by atoms with Crippen LogP contribution in [0.5, 0.6) is 0 Å². The van der Waals surface area contributed by atoms with E-state index in [1.165, 1.54) is 23.4 Å². The van der Waals surface area contributed by atoms with Gasteiger partial charge in [-0.1, -0.05) is 12.1 Å². The molecule has 0 unspecified atom stereocenters. The molecule has 0 aliphatic rings. The van der Waals surface area contributed by atoms with E-state index in [0.717, 1.165) is 5.56 Å². The molecular formula is C16H22FN3. The predicted molar refractivity (Wildman–Crippen MR) is 79.0 cm³/mol. The summed E-state index contributed by atoms with van der Waals surface area (Å²) in [6.07, 6.45) is 1.93. The van der Waals surface area contributed by atoms with Gasteiger partial charge in [0.05, 0.1) is 6.20 Å². The van der Waals surface area contributed by atoms with Gasteiger partial charge in [0.2, 0.25) is 0 Å². The largest absolute Gasteiger partial charge is 0.306 e. The van der Waals surface area contributed by atoms with Gasteiger partial charge >= 0.3 is 0 Å². The van der Waals surface area contributed by atoms with Crippen LogP contribution in [0.15, 0.2) is 30.5 Å². The van der Waals surface area contributed by atoms with Crippen LogP contribution in [0.25, 0.3) is 0 Å². The molecule has 1 aromatic heterocycles. The van der Waals surface area contributed by atoms with Gasteiger partial charge in [0.1, 0.15) is 5.82 Å². The average Bonchev–Trinajstić information content (AvgIpc) is 2.80. The Kier molecular flexibility index (Phi) is 4.55. The molecule has 0 aliphatic heterocycles. The first-order valence-electron chi connectivity index (χ1n) is 7.01. The molecule has 1 atom stereocenters. The highest BCUT2D eigenvalue weighted by Gasteiger charge is 2.14. The van der Waals surface area contributed by atoms with Gasteiger partial charge in [-0.15, -0.1) is 0 Å². The molecule has 1 aromatic carbocycles. The lowest BCUT2D eigenvalue weighted by molar-refractivity contribution is 0.513. The van der Waals surface area contributed by atoms with Crippen LogP contribution in [-0.4, -0.2) is 9.78 Å². The Bertz CT molecular complexity index is 558. The van der Waals surface area contributed by atoms with E-state index in [4.69, 9.17) is 0 Å². The Morgan fingerprint density at radius 3 is 2.40 bits per heavy atom. The molecule has 2 rings (SSSR count). The number of aromatic nitrogens is 2. The molecule has 1 N–H and O–H groups in total. The van der Waals surface area contributed by atoms with Crippen molar-refractivity contribution in [1.82, 2.24) is 15.1 Å². The van der Waals surface area contributed by atoms with Gasteiger partial charge in [0.25, 0.3) is 0 Å². The molecule has 0 amide bonds. The van der Waals surface area contributed by atoms with Gasteiger partial charge in [0, 0.05) is 29.9 Å². The van der Waals surface area contributed by atoms with E-state index < -0.39 is 0 Å². The fourth-order valence-corrected chi connectivity index (χ4v) is 2.37. The lowest BCUT2D eigenvalue weighted by atomic mass is 10.1. The summed E-state index contributed by atoms with van der Waals surface area (Å²) in [7, 11) is 0. The number of benzene rings is 1. The van der Waals surface area contributed by atoms with Crippen LogP contribution in [0.2, 0.25) is 0 Å². The summed E-state index contributed by atoms with van der Waals surface area (Å²) in [5.41, 5.74) is 3.48. The summed E-state index contributed by atoms with van der Waals surface area (Å²) in [5.74, 6) is -0.198. The normalized spacial score (nSPS) is 12.9. The van der Waals surface area contributed by atoms with Gasteiger partial charge in [-0.25, -0.2) is 4.39 Å². The highest BCUT2D eigenvalue weighted by molar-refractivity contribution is 5.21. The topological polar surface area (TPSA) is 29.9 Å². The Balaban J connectivity index is 2.01. The summed E-state index contributed by atoms with van der Waals surface area (Å²) >= 11 is 0. The maximum atomic E-state index is 12.9. The predicted octanol–water partition coefficient (Wildman–Crippen LogP) is 3.76. The van der Waals surface area contributed by atoms with Crippen LogP contribution in [0.1, 0.15) is 49.7 Å². The highest BCUT2D eigenvalue weighted by Crippen LogP contribution is 2.20. The number of hydrogen-bond acceptors (Lipinski definition) is 2. The zero-order valence-electron chi connectivity index (χ0n) is 12.5. The minimum atomic E-state index is -0.198. The Morgan fingerprint density at radius 1 is 1.20 bits per heavy atom. The van der Waals surface area contributed by atoms with E-state index in [9.17, 15) is 4.39 Å². The number of rotatable bonds is 5. The molecule has 3 nitrogen and oxygen atoms in total. The second-order valence-electron chi connectivity index (χ2n) is 5.45. The molecule has 0 bridgehead atoms. The number of nitrogens with zero attached hydrogens (tertiary/aromatic N) is 2. The molecule has 1 heterocycles. The van der Waals surface area contributed by atoms with Crippen LogP contribution in [0.4, 0.5) is 4.39 Å². The van der Waals surface area contributed by atoms with Crippen LogP contribution in [-0.2, 0) is 6.54 Å². The van der Waals surface area contributed by atoms with Crippen molar-refractivity contribution >= 4 is 0 Å². The first-order chi connectivity index (χ1) is 9.49. The molecule has 4 heteroatoms. The first kappa shape index (κ1) is 14.7. The van der Waals surface area contributed by atoms with Crippen LogP contribution in [0, 0.1) is 12.7 Å². The van der Waals surface area contributed by atoms with E-state index in [2.05, 4.69) is 38.1 Å². The van der Waals surface area contributed by atoms with Crippen molar-refractivity contribution in [2.45, 2.75) is 46.3 Å². The van der Waals surface area contributed by atoms with E-state index in [-0.39, 0.29) is 11.9 Å². The van der Waals surface area contributed by atoms with Gasteiger partial charge in [0.15, 0.2) is 0 Å². The smallest absolute Gasteiger partial charge is 0.123 e. The third-order valence-electron chi connectivity index (χ3n) is 3.56. The van der Waals surface area contributed by atoms with Crippen molar-refractivity contribution in [3.05, 3.63) is 53.1 Å². The minimum absolute atomic E-state index is 0.198. The lowest BCUT2D eigenvalue weighted by Gasteiger charge is -2.15. The SMILES string of the molecule is Cc1c([C@H](C)NCc2ccc(F)cc2)cnn1C(C)C. The van der Waals surface area contributed by atoms with Crippen LogP contribution >= 0.6 is 0 Å². The van der Waals surface area contributed by atoms with E-state index in [1.54, 1.807) is 12.1 Å². The van der Waals surface area contributed by atoms with E-state index in [1.807, 2.05) is 10.9 Å². The number of halogens is 1. The molecule has 0 fully saturated rings. The van der Waals surface area contributed by atoms with Crippen LogP contribution in [0.3, 0.4) is 0 Å². The van der Waals surface area contributed by atoms with Crippen molar-refractivity contribution in [1.29, 1.82) is 0 Å². The van der Waals surface area contributed by atoms with Crippen molar-refractivity contribution in [2.75, 3.05) is 0 Å². The summed E-state index contributed by atoms with van der Waals surface area (Å²) < 4.78 is 14.9. The molecule has 0 radical (unpaired) electrons. The summed E-state index contributed by atoms with van der Waals surface area (Å²) in [4.78, 5) is 0. The zero-order chi connectivity index (χ0) is 14.7. The summed E-state index contributed by atoms with van der Waals surface area (Å²) in [6.45, 7) is 9.19. The fourth-order valence-electron chi connectivity index (χ4n) is 2.37. The maximum absolute atomic E-state index is 12.9. The van der Waals surface area contributed by atoms with Crippen molar-refractivity contribution in [3.8, 4) is 0 Å². The first-order valence-corrected chi connectivity index (χ1v) is 7.01. The second kappa shape index (κ2) is 6.18. The Labute approximate surface area is 119 Å². The standard InChI is InChI=1S/C16H22FN3/c1-11(2)20-13(4)16(10-19-20)12(3)18-9-14-5-7-15(17)8-6-14/h5-8,10-12,18H,9H2,1-4H3/t12-/m0/s1. The lowest BCUT2D eigenvalue weighted by Crippen LogP contribution is -2.19. The van der Waals surface area contributed by atoms with E-state index in [0.29, 0.717) is 12.6 Å². The molecule has 20 heavy (non-hydrogen) atoms. The summed E-state index contributed by atoms with van der Waals surface area (Å²) in [5, 5.41) is 7.88. The minimum Gasteiger partial charge on any atom is -0.306 e. The van der Waals surface area contributed by atoms with Crippen molar-refractivity contribution in [2.24, 2.45) is 0 Å². The third kappa shape index (κ3) is 3.25. The monoisotopic (exact) mass is 275 g/mol. The maximum Gasteiger partial charge on any atom is 0.123 e. The number of hydrogen-bond donors (Lipinski definition) is 1. The molecule has 108 valence electrons. The van der Waals surface area contributed by atoms with Crippen molar-refractivity contribution in [3.63, 3.8) is 0 Å². The average molecular weight is 275 g/mol. The molecule has 2 aromatic rings. The quantitative estimate of drug-likeness (QED) is 0.900. The van der Waals surface area contributed by atoms with Gasteiger partial charge < -0.3 is 5.32 Å². The van der Waals surface area contributed by atoms with Gasteiger partial charge in [-0.05, 0) is 45.4 Å². The van der Waals surface area contributed by atoms with Gasteiger partial charge in [-0.3, -0.25) is 4.68 Å². The van der Waals surface area contributed by atoms with Crippen molar-refractivity contribution < 1.29 is 4.39 Å². The molecule has 0 saturated carbocycles. The molecule has 0 spiro atoms. The molecule has 0 saturated heterocycles. The highest BCUT2D eigenvalue weighted by atomic mass is 19.1. The number of nitrogens with one attached hydrogen (secondary N) is 1. The second-order valence-corrected chi connectivity index (χ2v) is 5.45. The zero-order valence-corrected chi connectivity index (χ0v) is 12.5. The van der Waals surface area contributed by atoms with Gasteiger partial charge in [-0.2, -0.15) is 5.10 Å². The Morgan fingerprint density at radius 2 is 1.85 bits per heavy atom. The van der Waals surface area contributed by atoms with E-state index >= 15 is 0 Å². The van der Waals surface area contributed by atoms with Crippen LogP contribution < -0.4 is 5.32 Å².